The van der Waals surface area contributed by atoms with E-state index in [1.54, 1.807) is 12.3 Å². The van der Waals surface area contributed by atoms with E-state index in [-0.39, 0.29) is 17.4 Å². The molecule has 0 bridgehead atoms. The van der Waals surface area contributed by atoms with Gasteiger partial charge >= 0.3 is 0 Å². The van der Waals surface area contributed by atoms with Gasteiger partial charge < -0.3 is 20.7 Å². The first-order valence-corrected chi connectivity index (χ1v) is 11.3. The van der Waals surface area contributed by atoms with Crippen molar-refractivity contribution in [2.75, 3.05) is 36.9 Å². The van der Waals surface area contributed by atoms with Crippen molar-refractivity contribution in [2.45, 2.75) is 38.7 Å². The number of nitrogens with one attached hydrogen (secondary N) is 3. The number of anilines is 2. The highest BCUT2D eigenvalue weighted by molar-refractivity contribution is 6.33. The van der Waals surface area contributed by atoms with Gasteiger partial charge in [-0.05, 0) is 63.8 Å². The molecular weight excluding hydrogens is 414 g/mol. The van der Waals surface area contributed by atoms with Crippen LogP contribution in [0.2, 0.25) is 5.02 Å². The maximum atomic E-state index is 12.4. The minimum absolute atomic E-state index is 0.0199. The number of carbonyl (C=O) groups is 1. The summed E-state index contributed by atoms with van der Waals surface area (Å²) in [6, 6.07) is 7.61. The van der Waals surface area contributed by atoms with Crippen molar-refractivity contribution < 1.29 is 9.53 Å². The van der Waals surface area contributed by atoms with Gasteiger partial charge in [-0.15, -0.1) is 0 Å². The molecule has 2 aromatic heterocycles. The number of aromatic nitrogens is 2. The van der Waals surface area contributed by atoms with Crippen LogP contribution in [0.15, 0.2) is 30.5 Å². The van der Waals surface area contributed by atoms with E-state index in [0.29, 0.717) is 23.3 Å². The molecule has 2 fully saturated rings. The van der Waals surface area contributed by atoms with E-state index in [4.69, 9.17) is 21.3 Å². The Morgan fingerprint density at radius 2 is 2.19 bits per heavy atom. The summed E-state index contributed by atoms with van der Waals surface area (Å²) >= 11 is 6.42. The lowest BCUT2D eigenvalue weighted by atomic mass is 9.88. The van der Waals surface area contributed by atoms with E-state index in [1.165, 1.54) is 0 Å². The number of hydrogen-bond acceptors (Lipinski definition) is 6. The molecule has 2 saturated heterocycles. The summed E-state index contributed by atoms with van der Waals surface area (Å²) in [5.74, 6) is 1.79. The van der Waals surface area contributed by atoms with Gasteiger partial charge in [0.15, 0.2) is 0 Å². The van der Waals surface area contributed by atoms with Gasteiger partial charge in [0.2, 0.25) is 5.91 Å². The smallest absolute Gasteiger partial charge is 0.229 e. The summed E-state index contributed by atoms with van der Waals surface area (Å²) in [4.78, 5) is 21.4. The molecule has 8 heteroatoms. The number of amides is 1. The zero-order valence-corrected chi connectivity index (χ0v) is 18.8. The van der Waals surface area contributed by atoms with Crippen LogP contribution in [0.5, 0.6) is 0 Å². The lowest BCUT2D eigenvalue weighted by Crippen LogP contribution is -2.36. The van der Waals surface area contributed by atoms with Crippen LogP contribution in [0.25, 0.3) is 11.3 Å². The molecule has 2 aliphatic rings. The summed E-state index contributed by atoms with van der Waals surface area (Å²) in [5, 5.41) is 10.1. The van der Waals surface area contributed by atoms with Crippen LogP contribution in [0, 0.1) is 11.8 Å². The fourth-order valence-electron chi connectivity index (χ4n) is 4.27. The Labute approximate surface area is 188 Å². The number of nitrogens with zero attached hydrogens (tertiary/aromatic N) is 2. The first kappa shape index (κ1) is 22.0. The molecule has 4 heterocycles. The second-order valence-corrected chi connectivity index (χ2v) is 9.39. The van der Waals surface area contributed by atoms with Crippen molar-refractivity contribution in [3.63, 3.8) is 0 Å². The van der Waals surface area contributed by atoms with Gasteiger partial charge in [0.05, 0.1) is 22.2 Å². The molecule has 0 aromatic carbocycles. The highest BCUT2D eigenvalue weighted by atomic mass is 35.5. The largest absolute Gasteiger partial charge is 0.376 e. The number of ether oxygens (including phenoxy) is 1. The summed E-state index contributed by atoms with van der Waals surface area (Å²) in [7, 11) is 0. The lowest BCUT2D eigenvalue weighted by molar-refractivity contribution is -0.119. The Morgan fingerprint density at radius 3 is 2.97 bits per heavy atom. The average Bonchev–Trinajstić information content (AvgIpc) is 3.28. The van der Waals surface area contributed by atoms with Crippen LogP contribution in [0.1, 0.15) is 33.1 Å². The Bertz CT molecular complexity index is 930. The van der Waals surface area contributed by atoms with Crippen molar-refractivity contribution in [1.82, 2.24) is 15.3 Å². The maximum Gasteiger partial charge on any atom is 0.229 e. The monoisotopic (exact) mass is 443 g/mol. The van der Waals surface area contributed by atoms with Gasteiger partial charge in [-0.2, -0.15) is 0 Å². The van der Waals surface area contributed by atoms with Crippen LogP contribution in [-0.2, 0) is 9.53 Å². The molecule has 31 heavy (non-hydrogen) atoms. The fourth-order valence-corrected chi connectivity index (χ4v) is 4.47. The first-order chi connectivity index (χ1) is 14.9. The normalized spacial score (nSPS) is 22.8. The maximum absolute atomic E-state index is 12.4. The van der Waals surface area contributed by atoms with E-state index in [0.717, 1.165) is 56.0 Å². The second kappa shape index (κ2) is 9.51. The van der Waals surface area contributed by atoms with E-state index < -0.39 is 0 Å². The first-order valence-electron chi connectivity index (χ1n) is 10.9. The molecule has 3 N–H and O–H groups in total. The molecule has 0 aliphatic carbocycles. The molecule has 0 spiro atoms. The molecule has 2 atom stereocenters. The van der Waals surface area contributed by atoms with E-state index >= 15 is 0 Å². The third-order valence-corrected chi connectivity index (χ3v) is 6.23. The number of pyridine rings is 2. The van der Waals surface area contributed by atoms with Crippen molar-refractivity contribution in [3.05, 3.63) is 35.5 Å². The zero-order valence-electron chi connectivity index (χ0n) is 18.1. The number of hydrogen-bond donors (Lipinski definition) is 3. The van der Waals surface area contributed by atoms with E-state index in [2.05, 4.69) is 34.8 Å². The van der Waals surface area contributed by atoms with Gasteiger partial charge in [-0.3, -0.25) is 4.79 Å². The predicted octanol–water partition coefficient (Wildman–Crippen LogP) is 3.96. The molecule has 0 saturated carbocycles. The van der Waals surface area contributed by atoms with Gasteiger partial charge in [-0.25, -0.2) is 9.97 Å². The molecule has 0 radical (unpaired) electrons. The SMILES string of the molecule is CC1(C)C[C@@H](CNc2cccc(-c3cc(NC(=O)C4CCNC4)ncc3Cl)n2)CCO1. The van der Waals surface area contributed by atoms with Gasteiger partial charge in [-0.1, -0.05) is 17.7 Å². The Hall–Kier alpha value is -2.22. The Balaban J connectivity index is 1.44. The quantitative estimate of drug-likeness (QED) is 0.626. The summed E-state index contributed by atoms with van der Waals surface area (Å²) in [6.07, 6.45) is 4.47. The molecule has 4 rings (SSSR count). The third-order valence-electron chi connectivity index (χ3n) is 5.93. The Morgan fingerprint density at radius 1 is 1.32 bits per heavy atom. The Kier molecular flexibility index (Phi) is 6.74. The number of halogens is 1. The predicted molar refractivity (Wildman–Crippen MR) is 123 cm³/mol. The minimum atomic E-state index is -0.0696. The molecule has 166 valence electrons. The highest BCUT2D eigenvalue weighted by Gasteiger charge is 2.28. The topological polar surface area (TPSA) is 88.2 Å². The van der Waals surface area contributed by atoms with Crippen LogP contribution in [0.4, 0.5) is 11.6 Å². The van der Waals surface area contributed by atoms with Crippen molar-refractivity contribution in [3.8, 4) is 11.3 Å². The number of carbonyl (C=O) groups excluding carboxylic acids is 1. The van der Waals surface area contributed by atoms with Crippen LogP contribution in [0.3, 0.4) is 0 Å². The molecule has 2 aliphatic heterocycles. The van der Waals surface area contributed by atoms with Crippen molar-refractivity contribution in [1.29, 1.82) is 0 Å². The molecule has 7 nitrogen and oxygen atoms in total. The van der Waals surface area contributed by atoms with E-state index in [9.17, 15) is 4.79 Å². The molecule has 2 aromatic rings. The van der Waals surface area contributed by atoms with Gasteiger partial charge in [0, 0.05) is 31.5 Å². The summed E-state index contributed by atoms with van der Waals surface area (Å²) in [6.45, 7) is 7.50. The highest BCUT2D eigenvalue weighted by Crippen LogP contribution is 2.30. The van der Waals surface area contributed by atoms with Crippen LogP contribution >= 0.6 is 11.6 Å². The van der Waals surface area contributed by atoms with E-state index in [1.807, 2.05) is 18.2 Å². The summed E-state index contributed by atoms with van der Waals surface area (Å²) in [5.41, 5.74) is 1.41. The number of rotatable bonds is 6. The second-order valence-electron chi connectivity index (χ2n) is 8.98. The van der Waals surface area contributed by atoms with Crippen LogP contribution in [-0.4, -0.2) is 47.7 Å². The molecular formula is C23H30ClN5O2. The average molecular weight is 444 g/mol. The summed E-state index contributed by atoms with van der Waals surface area (Å²) < 4.78 is 5.81. The zero-order chi connectivity index (χ0) is 21.8. The van der Waals surface area contributed by atoms with Gasteiger partial charge in [0.1, 0.15) is 11.6 Å². The molecule has 1 unspecified atom stereocenters. The minimum Gasteiger partial charge on any atom is -0.376 e. The third kappa shape index (κ3) is 5.73. The van der Waals surface area contributed by atoms with Crippen molar-refractivity contribution in [2.24, 2.45) is 11.8 Å². The standard InChI is InChI=1S/C23H30ClN5O2/c1-23(2)11-15(7-9-31-23)12-26-20-5-3-4-19(28-20)17-10-21(27-14-18(17)24)29-22(30)16-6-8-25-13-16/h3-5,10,14-16,25H,6-9,11-13H2,1-2H3,(H,26,28)(H,27,29,30)/t15-,16?/m0/s1. The fraction of sp³-hybridized carbons (Fsp3) is 0.522. The van der Waals surface area contributed by atoms with Crippen LogP contribution < -0.4 is 16.0 Å². The van der Waals surface area contributed by atoms with Gasteiger partial charge in [0.25, 0.3) is 0 Å². The molecule has 1 amide bonds. The van der Waals surface area contributed by atoms with Crippen molar-refractivity contribution >= 4 is 29.1 Å². The lowest BCUT2D eigenvalue weighted by Gasteiger charge is -2.35.